The second-order valence-electron chi connectivity index (χ2n) is 10.4. The molecule has 0 spiro atoms. The number of hydrogen-bond donors (Lipinski definition) is 3. The number of rotatable bonds is 8. The van der Waals surface area contributed by atoms with Gasteiger partial charge in [-0.15, -0.1) is 0 Å². The summed E-state index contributed by atoms with van der Waals surface area (Å²) in [6.07, 6.45) is 0.805. The van der Waals surface area contributed by atoms with E-state index in [4.69, 9.17) is 4.74 Å². The van der Waals surface area contributed by atoms with Crippen LogP contribution in [0.25, 0.3) is 0 Å². The second kappa shape index (κ2) is 11.5. The Labute approximate surface area is 227 Å². The van der Waals surface area contributed by atoms with Crippen LogP contribution in [0.1, 0.15) is 20.3 Å². The number of carbonyl (C=O) groups is 3. The highest BCUT2D eigenvalue weighted by molar-refractivity contribution is 8.00. The third kappa shape index (κ3) is 5.09. The molecule has 5 rings (SSSR count). The summed E-state index contributed by atoms with van der Waals surface area (Å²) in [5.41, 5.74) is 1.56. The number of ether oxygens (including phenoxy) is 1. The molecular weight excluding hydrogens is 504 g/mol. The molecule has 7 atom stereocenters. The van der Waals surface area contributed by atoms with E-state index in [1.165, 1.54) is 0 Å². The van der Waals surface area contributed by atoms with Gasteiger partial charge in [0.1, 0.15) is 0 Å². The average molecular weight is 541 g/mol. The largest absolute Gasteiger partial charge is 0.381 e. The number of nitriles is 1. The molecular formula is C27H36N6O4S. The summed E-state index contributed by atoms with van der Waals surface area (Å²) in [5.74, 6) is -1.24. The first kappa shape index (κ1) is 26.8. The van der Waals surface area contributed by atoms with Crippen molar-refractivity contribution in [1.82, 2.24) is 15.1 Å². The summed E-state index contributed by atoms with van der Waals surface area (Å²) in [4.78, 5) is 43.0. The number of thioether (sulfide) groups is 1. The molecule has 2 aliphatic carbocycles. The summed E-state index contributed by atoms with van der Waals surface area (Å²) < 4.78 is 5.34. The van der Waals surface area contributed by atoms with Gasteiger partial charge in [0.05, 0.1) is 49.6 Å². The predicted molar refractivity (Wildman–Crippen MR) is 145 cm³/mol. The van der Waals surface area contributed by atoms with Crippen molar-refractivity contribution in [2.75, 3.05) is 56.6 Å². The molecule has 1 aromatic carbocycles. The first-order valence-electron chi connectivity index (χ1n) is 13.5. The van der Waals surface area contributed by atoms with Crippen molar-refractivity contribution < 1.29 is 19.1 Å². The van der Waals surface area contributed by atoms with Crippen molar-refractivity contribution in [3.05, 3.63) is 24.3 Å². The number of hydrogen-bond acceptors (Lipinski definition) is 8. The summed E-state index contributed by atoms with van der Waals surface area (Å²) in [6, 6.07) is 9.65. The fourth-order valence-corrected chi connectivity index (χ4v) is 8.26. The molecule has 11 heteroatoms. The number of nitrogens with one attached hydrogen (secondary N) is 3. The van der Waals surface area contributed by atoms with E-state index in [-0.39, 0.29) is 52.1 Å². The first-order chi connectivity index (χ1) is 18.4. The lowest BCUT2D eigenvalue weighted by molar-refractivity contribution is -0.147. The molecule has 1 aromatic rings. The molecule has 10 nitrogen and oxygen atoms in total. The first-order valence-corrected chi connectivity index (χ1v) is 14.5. The highest BCUT2D eigenvalue weighted by Gasteiger charge is 2.63. The molecule has 0 aromatic heterocycles. The third-order valence-corrected chi connectivity index (χ3v) is 9.86. The lowest BCUT2D eigenvalue weighted by atomic mass is 9.67. The van der Waals surface area contributed by atoms with Gasteiger partial charge in [-0.1, -0.05) is 6.07 Å². The predicted octanol–water partition coefficient (Wildman–Crippen LogP) is 1.36. The molecule has 4 fully saturated rings. The Morgan fingerprint density at radius 2 is 1.97 bits per heavy atom. The molecule has 7 unspecified atom stereocenters. The molecule has 2 saturated carbocycles. The maximum absolute atomic E-state index is 13.7. The van der Waals surface area contributed by atoms with E-state index >= 15 is 0 Å². The smallest absolute Gasteiger partial charge is 0.238 e. The Kier molecular flexibility index (Phi) is 8.12. The molecule has 204 valence electrons. The highest BCUT2D eigenvalue weighted by atomic mass is 32.2. The van der Waals surface area contributed by atoms with E-state index in [9.17, 15) is 19.6 Å². The number of nitrogens with zero attached hydrogens (tertiary/aromatic N) is 3. The molecule has 38 heavy (non-hydrogen) atoms. The van der Waals surface area contributed by atoms with Gasteiger partial charge >= 0.3 is 0 Å². The van der Waals surface area contributed by atoms with E-state index in [0.29, 0.717) is 38.5 Å². The Balaban J connectivity index is 1.24. The molecule has 3 amide bonds. The summed E-state index contributed by atoms with van der Waals surface area (Å²) in [6.45, 7) is 7.94. The Morgan fingerprint density at radius 3 is 2.68 bits per heavy atom. The number of fused-ring (bicyclic) bond motifs is 2. The number of morpholine rings is 1. The van der Waals surface area contributed by atoms with Crippen LogP contribution in [0.2, 0.25) is 0 Å². The quantitative estimate of drug-likeness (QED) is 0.451. The Morgan fingerprint density at radius 1 is 1.21 bits per heavy atom. The Bertz CT molecular complexity index is 1110. The van der Waals surface area contributed by atoms with Crippen LogP contribution in [0.5, 0.6) is 0 Å². The lowest BCUT2D eigenvalue weighted by Crippen LogP contribution is -2.66. The minimum Gasteiger partial charge on any atom is -0.381 e. The fourth-order valence-electron chi connectivity index (χ4n) is 6.19. The van der Waals surface area contributed by atoms with E-state index in [0.717, 1.165) is 25.2 Å². The zero-order valence-corrected chi connectivity index (χ0v) is 22.7. The van der Waals surface area contributed by atoms with Crippen LogP contribution in [0.3, 0.4) is 0 Å². The second-order valence-corrected chi connectivity index (χ2v) is 11.8. The van der Waals surface area contributed by atoms with E-state index in [1.807, 2.05) is 43.0 Å². The monoisotopic (exact) mass is 540 g/mol. The molecule has 2 heterocycles. The van der Waals surface area contributed by atoms with Crippen LogP contribution in [-0.2, 0) is 19.1 Å². The third-order valence-electron chi connectivity index (χ3n) is 8.14. The molecule has 2 saturated heterocycles. The van der Waals surface area contributed by atoms with Gasteiger partial charge in [-0.25, -0.2) is 0 Å². The van der Waals surface area contributed by atoms with E-state index in [2.05, 4.69) is 26.9 Å². The van der Waals surface area contributed by atoms with Crippen LogP contribution in [0.15, 0.2) is 24.3 Å². The number of amides is 3. The van der Waals surface area contributed by atoms with E-state index < -0.39 is 5.92 Å². The van der Waals surface area contributed by atoms with E-state index in [1.54, 1.807) is 11.8 Å². The molecule has 3 N–H and O–H groups in total. The van der Waals surface area contributed by atoms with Crippen molar-refractivity contribution in [2.45, 2.75) is 42.9 Å². The van der Waals surface area contributed by atoms with Crippen LogP contribution < -0.4 is 16.0 Å². The van der Waals surface area contributed by atoms with Crippen LogP contribution >= 0.6 is 11.8 Å². The summed E-state index contributed by atoms with van der Waals surface area (Å²) in [7, 11) is 0. The molecule has 0 bridgehead atoms. The van der Waals surface area contributed by atoms with Gasteiger partial charge < -0.3 is 25.6 Å². The van der Waals surface area contributed by atoms with Crippen molar-refractivity contribution in [3.63, 3.8) is 0 Å². The van der Waals surface area contributed by atoms with Gasteiger partial charge in [0.2, 0.25) is 17.7 Å². The van der Waals surface area contributed by atoms with Gasteiger partial charge in [0.25, 0.3) is 0 Å². The van der Waals surface area contributed by atoms with Gasteiger partial charge in [-0.3, -0.25) is 19.3 Å². The maximum Gasteiger partial charge on any atom is 0.238 e. The topological polar surface area (TPSA) is 127 Å². The highest BCUT2D eigenvalue weighted by Crippen LogP contribution is 2.55. The van der Waals surface area contributed by atoms with Crippen LogP contribution in [0.4, 0.5) is 11.4 Å². The summed E-state index contributed by atoms with van der Waals surface area (Å²) in [5, 5.41) is 19.3. The Hall–Kier alpha value is -2.81. The van der Waals surface area contributed by atoms with Gasteiger partial charge in [-0.05, 0) is 38.5 Å². The summed E-state index contributed by atoms with van der Waals surface area (Å²) >= 11 is 1.71. The van der Waals surface area contributed by atoms with Gasteiger partial charge in [-0.2, -0.15) is 17.0 Å². The molecule has 4 aliphatic rings. The van der Waals surface area contributed by atoms with Crippen LogP contribution in [0, 0.1) is 29.1 Å². The van der Waals surface area contributed by atoms with Crippen molar-refractivity contribution in [1.29, 1.82) is 5.26 Å². The standard InChI is InChI=1S/C27H36N6O4S/c1-3-29-26(35)22-18(14-28)25-24(22)33(4-2)27(36)23-19(13-20(23)38-25)30-16-6-5-7-17(12-16)31-21(34)15-32-8-10-37-11-9-32/h5-7,12,18-20,22-25,30H,3-4,8-11,13,15H2,1-2H3,(H,29,35)(H,31,34). The zero-order chi connectivity index (χ0) is 26.8. The van der Waals surface area contributed by atoms with Crippen molar-refractivity contribution in [2.24, 2.45) is 17.8 Å². The van der Waals surface area contributed by atoms with Crippen molar-refractivity contribution >= 4 is 40.9 Å². The minimum absolute atomic E-state index is 0.0440. The zero-order valence-electron chi connectivity index (χ0n) is 21.9. The molecule has 2 aliphatic heterocycles. The van der Waals surface area contributed by atoms with Crippen LogP contribution in [-0.4, -0.2) is 96.0 Å². The maximum atomic E-state index is 13.7. The lowest BCUT2D eigenvalue weighted by Gasteiger charge is -2.51. The number of benzene rings is 1. The van der Waals surface area contributed by atoms with Gasteiger partial charge in [0, 0.05) is 54.1 Å². The fraction of sp³-hybridized carbons (Fsp3) is 0.630. The minimum atomic E-state index is -0.483. The number of anilines is 2. The van der Waals surface area contributed by atoms with Crippen molar-refractivity contribution in [3.8, 4) is 6.07 Å². The normalized spacial score (nSPS) is 32.4. The van der Waals surface area contributed by atoms with Gasteiger partial charge in [0.15, 0.2) is 0 Å². The average Bonchev–Trinajstić information content (AvgIpc) is 2.95. The molecule has 0 radical (unpaired) electrons. The SMILES string of the molecule is CCNC(=O)C1C(C#N)C2SC3CC(Nc4cccc(NC(=O)CN5CCOCC5)c4)C3C(=O)N(CC)C21. The number of carbonyl (C=O) groups excluding carboxylic acids is 3.